The summed E-state index contributed by atoms with van der Waals surface area (Å²) in [6.45, 7) is -0.151. The Bertz CT molecular complexity index is 778. The van der Waals surface area contributed by atoms with Gasteiger partial charge in [-0.15, -0.1) is 0 Å². The molecule has 1 aliphatic rings. The summed E-state index contributed by atoms with van der Waals surface area (Å²) in [4.78, 5) is 12.2. The zero-order valence-corrected chi connectivity index (χ0v) is 15.0. The summed E-state index contributed by atoms with van der Waals surface area (Å²) in [5.74, 6) is 0.847. The summed E-state index contributed by atoms with van der Waals surface area (Å²) in [7, 11) is 3.19. The average Bonchev–Trinajstić information content (AvgIpc) is 2.98. The molecule has 0 unspecified atom stereocenters. The van der Waals surface area contributed by atoms with Crippen LogP contribution in [0.5, 0.6) is 11.5 Å². The first kappa shape index (κ1) is 16.8. The number of aliphatic hydroxyl groups excluding tert-OH is 1. The normalized spacial score (nSPS) is 18.7. The molecule has 0 radical (unpaired) electrons. The van der Waals surface area contributed by atoms with E-state index >= 15 is 0 Å². The number of amides is 1. The van der Waals surface area contributed by atoms with E-state index in [4.69, 9.17) is 9.47 Å². The fourth-order valence-electron chi connectivity index (χ4n) is 3.07. The van der Waals surface area contributed by atoms with Crippen LogP contribution in [0.15, 0.2) is 40.9 Å². The molecule has 2 atom stereocenters. The molecular weight excluding hydrogens is 374 g/mol. The summed E-state index contributed by atoms with van der Waals surface area (Å²) in [6.07, 6.45) is -0.454. The van der Waals surface area contributed by atoms with Gasteiger partial charge in [0.25, 0.3) is 5.91 Å². The molecule has 5 nitrogen and oxygen atoms in total. The van der Waals surface area contributed by atoms with Crippen LogP contribution in [0.4, 0.5) is 0 Å². The molecule has 0 spiro atoms. The fourth-order valence-corrected chi connectivity index (χ4v) is 3.55. The van der Waals surface area contributed by atoms with Gasteiger partial charge >= 0.3 is 0 Å². The highest BCUT2D eigenvalue weighted by Crippen LogP contribution is 2.46. The van der Waals surface area contributed by atoms with Crippen LogP contribution < -0.4 is 14.8 Å². The molecule has 0 saturated heterocycles. The predicted octanol–water partition coefficient (Wildman–Crippen LogP) is 2.70. The van der Waals surface area contributed by atoms with Gasteiger partial charge in [0.15, 0.2) is 0 Å². The molecule has 6 heteroatoms. The van der Waals surface area contributed by atoms with Gasteiger partial charge in [0.05, 0.1) is 25.2 Å². The number of hydrogen-bond donors (Lipinski definition) is 2. The van der Waals surface area contributed by atoms with E-state index < -0.39 is 6.10 Å². The molecule has 1 aliphatic heterocycles. The summed E-state index contributed by atoms with van der Waals surface area (Å²) in [5, 5.41) is 12.4. The minimum atomic E-state index is -0.454. The van der Waals surface area contributed by atoms with Crippen molar-refractivity contribution in [2.24, 2.45) is 0 Å². The Labute approximate surface area is 148 Å². The van der Waals surface area contributed by atoms with E-state index in [1.807, 2.05) is 30.3 Å². The summed E-state index contributed by atoms with van der Waals surface area (Å²) >= 11 is 3.46. The van der Waals surface area contributed by atoms with Crippen molar-refractivity contribution in [2.75, 3.05) is 20.8 Å². The lowest BCUT2D eigenvalue weighted by atomic mass is 9.87. The first-order chi connectivity index (χ1) is 11.6. The van der Waals surface area contributed by atoms with Crippen LogP contribution in [0.2, 0.25) is 0 Å². The van der Waals surface area contributed by atoms with Crippen LogP contribution in [-0.4, -0.2) is 37.9 Å². The van der Waals surface area contributed by atoms with Crippen molar-refractivity contribution >= 4 is 21.8 Å². The molecule has 0 bridgehead atoms. The number of benzene rings is 2. The number of aliphatic hydroxyl groups is 1. The van der Waals surface area contributed by atoms with E-state index in [0.29, 0.717) is 11.3 Å². The van der Waals surface area contributed by atoms with Crippen LogP contribution in [0, 0.1) is 0 Å². The zero-order valence-electron chi connectivity index (χ0n) is 13.4. The topological polar surface area (TPSA) is 67.8 Å². The number of rotatable bonds is 4. The van der Waals surface area contributed by atoms with Crippen molar-refractivity contribution in [3.8, 4) is 11.5 Å². The minimum absolute atomic E-state index is 0.151. The molecule has 2 N–H and O–H groups in total. The minimum Gasteiger partial charge on any atom is -0.497 e. The van der Waals surface area contributed by atoms with Gasteiger partial charge in [-0.05, 0) is 29.8 Å². The second-order valence-electron chi connectivity index (χ2n) is 5.54. The quantitative estimate of drug-likeness (QED) is 0.840. The van der Waals surface area contributed by atoms with Crippen molar-refractivity contribution in [1.82, 2.24) is 5.32 Å². The van der Waals surface area contributed by atoms with E-state index in [2.05, 4.69) is 21.2 Å². The molecule has 1 amide bonds. The molecule has 0 aromatic heterocycles. The maximum absolute atomic E-state index is 12.2. The van der Waals surface area contributed by atoms with Gasteiger partial charge in [0, 0.05) is 17.1 Å². The fraction of sp³-hybridized carbons (Fsp3) is 0.278. The molecule has 126 valence electrons. The van der Waals surface area contributed by atoms with E-state index in [0.717, 1.165) is 21.3 Å². The second-order valence-corrected chi connectivity index (χ2v) is 6.46. The third-order valence-corrected chi connectivity index (χ3v) is 4.62. The van der Waals surface area contributed by atoms with Gasteiger partial charge in [-0.25, -0.2) is 0 Å². The number of carbonyl (C=O) groups is 1. The molecule has 0 saturated carbocycles. The molecule has 2 aromatic carbocycles. The standard InChI is InChI=1S/C18H18BrNO4/c1-20-18(22)14-8-11(19)7-13-16(15(9-21)24-17(13)14)10-4-3-5-12(6-10)23-2/h3-8,15-16,21H,9H2,1-2H3,(H,20,22)/t15-,16+/m1/s1. The number of halogens is 1. The van der Waals surface area contributed by atoms with Crippen molar-refractivity contribution in [3.63, 3.8) is 0 Å². The van der Waals surface area contributed by atoms with Gasteiger partial charge in [0.1, 0.15) is 17.6 Å². The number of fused-ring (bicyclic) bond motifs is 1. The van der Waals surface area contributed by atoms with E-state index in [-0.39, 0.29) is 18.4 Å². The number of methoxy groups -OCH3 is 1. The van der Waals surface area contributed by atoms with Crippen LogP contribution in [0.25, 0.3) is 0 Å². The van der Waals surface area contributed by atoms with E-state index in [1.165, 1.54) is 0 Å². The third-order valence-electron chi connectivity index (χ3n) is 4.16. The van der Waals surface area contributed by atoms with Crippen molar-refractivity contribution in [2.45, 2.75) is 12.0 Å². The van der Waals surface area contributed by atoms with Gasteiger partial charge < -0.3 is 19.9 Å². The Morgan fingerprint density at radius 2 is 2.17 bits per heavy atom. The third kappa shape index (κ3) is 2.87. The summed E-state index contributed by atoms with van der Waals surface area (Å²) in [6, 6.07) is 11.3. The monoisotopic (exact) mass is 391 g/mol. The molecule has 0 aliphatic carbocycles. The summed E-state index contributed by atoms with van der Waals surface area (Å²) in [5.41, 5.74) is 2.29. The molecule has 3 rings (SSSR count). The van der Waals surface area contributed by atoms with E-state index in [1.54, 1.807) is 20.2 Å². The highest BCUT2D eigenvalue weighted by atomic mass is 79.9. The zero-order chi connectivity index (χ0) is 17.3. The molecule has 2 aromatic rings. The molecular formula is C18H18BrNO4. The molecule has 0 fully saturated rings. The van der Waals surface area contributed by atoms with Crippen LogP contribution in [-0.2, 0) is 0 Å². The molecule has 24 heavy (non-hydrogen) atoms. The highest BCUT2D eigenvalue weighted by Gasteiger charge is 2.38. The van der Waals surface area contributed by atoms with Gasteiger partial charge in [-0.3, -0.25) is 4.79 Å². The first-order valence-corrected chi connectivity index (χ1v) is 8.35. The Morgan fingerprint density at radius 1 is 1.38 bits per heavy atom. The van der Waals surface area contributed by atoms with Crippen molar-refractivity contribution in [1.29, 1.82) is 0 Å². The van der Waals surface area contributed by atoms with Gasteiger partial charge in [0.2, 0.25) is 0 Å². The van der Waals surface area contributed by atoms with Gasteiger partial charge in [-0.2, -0.15) is 0 Å². The number of ether oxygens (including phenoxy) is 2. The maximum atomic E-state index is 12.2. The Kier molecular flexibility index (Phi) is 4.78. The van der Waals surface area contributed by atoms with Crippen LogP contribution in [0.1, 0.15) is 27.4 Å². The van der Waals surface area contributed by atoms with Crippen LogP contribution in [0.3, 0.4) is 0 Å². The number of nitrogens with one attached hydrogen (secondary N) is 1. The largest absolute Gasteiger partial charge is 0.497 e. The Morgan fingerprint density at radius 3 is 2.83 bits per heavy atom. The number of hydrogen-bond acceptors (Lipinski definition) is 4. The average molecular weight is 392 g/mol. The highest BCUT2D eigenvalue weighted by molar-refractivity contribution is 9.10. The number of carbonyl (C=O) groups excluding carboxylic acids is 1. The van der Waals surface area contributed by atoms with Gasteiger partial charge in [-0.1, -0.05) is 28.1 Å². The van der Waals surface area contributed by atoms with E-state index in [9.17, 15) is 9.90 Å². The SMILES string of the molecule is CNC(=O)c1cc(Br)cc2c1O[C@H](CO)[C@H]2c1cccc(OC)c1. The Balaban J connectivity index is 2.15. The molecule has 1 heterocycles. The maximum Gasteiger partial charge on any atom is 0.254 e. The lowest BCUT2D eigenvalue weighted by Crippen LogP contribution is -2.24. The van der Waals surface area contributed by atoms with Crippen molar-refractivity contribution < 1.29 is 19.4 Å². The van der Waals surface area contributed by atoms with Crippen molar-refractivity contribution in [3.05, 3.63) is 57.6 Å². The summed E-state index contributed by atoms with van der Waals surface area (Å²) < 4.78 is 12.0. The Hall–Kier alpha value is -2.05. The predicted molar refractivity (Wildman–Crippen MR) is 93.9 cm³/mol. The second kappa shape index (κ2) is 6.83. The van der Waals surface area contributed by atoms with Crippen LogP contribution >= 0.6 is 15.9 Å². The smallest absolute Gasteiger partial charge is 0.254 e. The first-order valence-electron chi connectivity index (χ1n) is 7.56. The lowest BCUT2D eigenvalue weighted by molar-refractivity contribution is 0.0947. The lowest BCUT2D eigenvalue weighted by Gasteiger charge is -2.18.